The highest BCUT2D eigenvalue weighted by Crippen LogP contribution is 2.33. The average molecular weight is 405 g/mol. The third kappa shape index (κ3) is 4.45. The first-order chi connectivity index (χ1) is 13.3. The van der Waals surface area contributed by atoms with Crippen molar-refractivity contribution in [1.82, 2.24) is 9.62 Å². The van der Waals surface area contributed by atoms with Crippen LogP contribution in [0.1, 0.15) is 39.2 Å². The molecule has 1 fully saturated rings. The van der Waals surface area contributed by atoms with Crippen molar-refractivity contribution >= 4 is 10.0 Å². The highest BCUT2D eigenvalue weighted by atomic mass is 32.2. The molecule has 0 amide bonds. The van der Waals surface area contributed by atoms with Gasteiger partial charge in [0.2, 0.25) is 10.0 Å². The van der Waals surface area contributed by atoms with Crippen LogP contribution in [0.5, 0.6) is 0 Å². The second-order valence-electron chi connectivity index (χ2n) is 7.93. The molecule has 0 aliphatic carbocycles. The first-order valence-electron chi connectivity index (χ1n) is 9.91. The Hall–Kier alpha value is -1.76. The van der Waals surface area contributed by atoms with E-state index in [1.54, 1.807) is 40.7 Å². The Morgan fingerprint density at radius 1 is 1.21 bits per heavy atom. The molecule has 0 unspecified atom stereocenters. The number of nitrogens with one attached hydrogen (secondary N) is 1. The maximum absolute atomic E-state index is 14.7. The number of hydrogen-bond donors (Lipinski definition) is 1. The number of sulfonamides is 1. The molecule has 28 heavy (non-hydrogen) atoms. The van der Waals surface area contributed by atoms with Gasteiger partial charge in [0, 0.05) is 30.3 Å². The molecule has 0 aromatic heterocycles. The normalized spacial score (nSPS) is 18.1. The lowest BCUT2D eigenvalue weighted by Gasteiger charge is -2.22. The van der Waals surface area contributed by atoms with E-state index in [0.29, 0.717) is 35.7 Å². The van der Waals surface area contributed by atoms with E-state index in [1.165, 1.54) is 6.07 Å². The van der Waals surface area contributed by atoms with E-state index in [1.807, 2.05) is 6.92 Å². The molecule has 2 aromatic rings. The maximum atomic E-state index is 14.7. The molecule has 0 spiro atoms. The van der Waals surface area contributed by atoms with Crippen molar-refractivity contribution in [2.75, 3.05) is 13.1 Å². The lowest BCUT2D eigenvalue weighted by Crippen LogP contribution is -2.33. The molecule has 4 nitrogen and oxygen atoms in total. The molecule has 1 heterocycles. The van der Waals surface area contributed by atoms with Crippen LogP contribution in [0.4, 0.5) is 4.39 Å². The molecular weight excluding hydrogens is 375 g/mol. The first kappa shape index (κ1) is 21.0. The summed E-state index contributed by atoms with van der Waals surface area (Å²) in [5.74, 6) is 0.169. The van der Waals surface area contributed by atoms with Crippen LogP contribution < -0.4 is 5.32 Å². The van der Waals surface area contributed by atoms with Gasteiger partial charge in [0.05, 0.1) is 4.90 Å². The molecule has 1 aliphatic rings. The molecule has 1 atom stereocenters. The summed E-state index contributed by atoms with van der Waals surface area (Å²) in [5.41, 5.74) is 1.70. The number of nitrogens with zero attached hydrogens (tertiary/aromatic N) is 1. The predicted octanol–water partition coefficient (Wildman–Crippen LogP) is 4.41. The average Bonchev–Trinajstić information content (AvgIpc) is 3.09. The Morgan fingerprint density at radius 2 is 1.96 bits per heavy atom. The maximum Gasteiger partial charge on any atom is 0.243 e. The van der Waals surface area contributed by atoms with Gasteiger partial charge in [-0.2, -0.15) is 4.31 Å². The Kier molecular flexibility index (Phi) is 6.53. The van der Waals surface area contributed by atoms with Gasteiger partial charge in [-0.3, -0.25) is 0 Å². The number of benzene rings is 2. The summed E-state index contributed by atoms with van der Waals surface area (Å²) in [7, 11) is -3.61. The fraction of sp³-hybridized carbons (Fsp3) is 0.455. The standard InChI is InChI=1S/C22H29FN2O2S/c1-16(2)14-24-15-19-11-10-18(13-21(19)23)20-8-4-5-9-22(20)28(26,27)25-12-6-7-17(25)3/h4-5,8-11,13,16-17,24H,6-7,12,14-15H2,1-3H3/t17-/m0/s1. The van der Waals surface area contributed by atoms with Gasteiger partial charge in [0.15, 0.2) is 0 Å². The van der Waals surface area contributed by atoms with Crippen LogP contribution in [-0.4, -0.2) is 31.9 Å². The topological polar surface area (TPSA) is 49.4 Å². The second-order valence-corrected chi connectivity index (χ2v) is 9.79. The van der Waals surface area contributed by atoms with Crippen LogP contribution in [0.15, 0.2) is 47.4 Å². The third-order valence-corrected chi connectivity index (χ3v) is 7.27. The zero-order valence-corrected chi connectivity index (χ0v) is 17.6. The van der Waals surface area contributed by atoms with E-state index in [0.717, 1.165) is 19.4 Å². The molecule has 3 rings (SSSR count). The van der Waals surface area contributed by atoms with Crippen LogP contribution in [0.25, 0.3) is 11.1 Å². The summed E-state index contributed by atoms with van der Waals surface area (Å²) < 4.78 is 42.6. The van der Waals surface area contributed by atoms with Crippen LogP contribution in [-0.2, 0) is 16.6 Å². The minimum absolute atomic E-state index is 0.0100. The summed E-state index contributed by atoms with van der Waals surface area (Å²) in [6.07, 6.45) is 1.74. The van der Waals surface area contributed by atoms with Gasteiger partial charge in [-0.1, -0.05) is 44.2 Å². The van der Waals surface area contributed by atoms with E-state index in [4.69, 9.17) is 0 Å². The Bertz CT molecular complexity index is 928. The van der Waals surface area contributed by atoms with Gasteiger partial charge in [0.25, 0.3) is 0 Å². The quantitative estimate of drug-likeness (QED) is 0.744. The molecule has 1 aliphatic heterocycles. The van der Waals surface area contributed by atoms with Crippen molar-refractivity contribution in [3.63, 3.8) is 0 Å². The molecule has 0 saturated carbocycles. The van der Waals surface area contributed by atoms with Crippen LogP contribution in [0, 0.1) is 11.7 Å². The molecule has 0 bridgehead atoms. The Labute approximate surface area is 167 Å². The third-order valence-electron chi connectivity index (χ3n) is 5.20. The summed E-state index contributed by atoms with van der Waals surface area (Å²) >= 11 is 0. The minimum atomic E-state index is -3.61. The number of hydrogen-bond acceptors (Lipinski definition) is 3. The smallest absolute Gasteiger partial charge is 0.243 e. The first-order valence-corrected chi connectivity index (χ1v) is 11.3. The number of rotatable bonds is 7. The van der Waals surface area contributed by atoms with Gasteiger partial charge < -0.3 is 5.32 Å². The molecular formula is C22H29FN2O2S. The van der Waals surface area contributed by atoms with Crippen LogP contribution >= 0.6 is 0 Å². The van der Waals surface area contributed by atoms with Crippen molar-refractivity contribution in [3.8, 4) is 11.1 Å². The van der Waals surface area contributed by atoms with Gasteiger partial charge in [-0.05, 0) is 49.9 Å². The summed E-state index contributed by atoms with van der Waals surface area (Å²) in [5, 5.41) is 3.24. The molecule has 1 saturated heterocycles. The zero-order valence-electron chi connectivity index (χ0n) is 16.8. The van der Waals surface area contributed by atoms with E-state index in [9.17, 15) is 12.8 Å². The fourth-order valence-electron chi connectivity index (χ4n) is 3.67. The summed E-state index contributed by atoms with van der Waals surface area (Å²) in [4.78, 5) is 0.244. The summed E-state index contributed by atoms with van der Waals surface area (Å²) in [6, 6.07) is 11.8. The molecule has 1 N–H and O–H groups in total. The van der Waals surface area contributed by atoms with Crippen molar-refractivity contribution in [3.05, 3.63) is 53.8 Å². The summed E-state index contributed by atoms with van der Waals surface area (Å²) in [6.45, 7) is 7.94. The Balaban J connectivity index is 1.92. The SMILES string of the molecule is CC(C)CNCc1ccc(-c2ccccc2S(=O)(=O)N2CCC[C@@H]2C)cc1F. The monoisotopic (exact) mass is 404 g/mol. The van der Waals surface area contributed by atoms with E-state index in [-0.39, 0.29) is 16.8 Å². The predicted molar refractivity (Wildman–Crippen MR) is 111 cm³/mol. The molecule has 2 aromatic carbocycles. The fourth-order valence-corrected chi connectivity index (χ4v) is 5.59. The van der Waals surface area contributed by atoms with Gasteiger partial charge in [-0.15, -0.1) is 0 Å². The van der Waals surface area contributed by atoms with Crippen molar-refractivity contribution in [2.24, 2.45) is 5.92 Å². The largest absolute Gasteiger partial charge is 0.312 e. The van der Waals surface area contributed by atoms with E-state index < -0.39 is 10.0 Å². The van der Waals surface area contributed by atoms with E-state index in [2.05, 4.69) is 19.2 Å². The van der Waals surface area contributed by atoms with Crippen molar-refractivity contribution in [2.45, 2.75) is 51.1 Å². The zero-order chi connectivity index (χ0) is 20.3. The van der Waals surface area contributed by atoms with Crippen LogP contribution in [0.3, 0.4) is 0 Å². The molecule has 6 heteroatoms. The van der Waals surface area contributed by atoms with Gasteiger partial charge >= 0.3 is 0 Å². The highest BCUT2D eigenvalue weighted by Gasteiger charge is 2.34. The Morgan fingerprint density at radius 3 is 2.61 bits per heavy atom. The van der Waals surface area contributed by atoms with Gasteiger partial charge in [0.1, 0.15) is 5.82 Å². The highest BCUT2D eigenvalue weighted by molar-refractivity contribution is 7.89. The lowest BCUT2D eigenvalue weighted by atomic mass is 10.0. The molecule has 0 radical (unpaired) electrons. The lowest BCUT2D eigenvalue weighted by molar-refractivity contribution is 0.408. The van der Waals surface area contributed by atoms with Crippen molar-refractivity contribution < 1.29 is 12.8 Å². The molecule has 152 valence electrons. The van der Waals surface area contributed by atoms with Crippen molar-refractivity contribution in [1.29, 1.82) is 0 Å². The van der Waals surface area contributed by atoms with Crippen LogP contribution in [0.2, 0.25) is 0 Å². The number of halogens is 1. The van der Waals surface area contributed by atoms with E-state index >= 15 is 0 Å². The second kappa shape index (κ2) is 8.72. The van der Waals surface area contributed by atoms with Gasteiger partial charge in [-0.25, -0.2) is 12.8 Å². The minimum Gasteiger partial charge on any atom is -0.312 e.